The molecule has 1 aliphatic heterocycles. The number of nitrogens with zero attached hydrogens (tertiary/aromatic N) is 2. The molecule has 0 aromatic rings. The van der Waals surface area contributed by atoms with Crippen molar-refractivity contribution in [3.63, 3.8) is 0 Å². The Bertz CT molecular complexity index is 388. The van der Waals surface area contributed by atoms with Crippen LogP contribution < -0.4 is 10.6 Å². The van der Waals surface area contributed by atoms with Crippen LogP contribution in [0.25, 0.3) is 0 Å². The van der Waals surface area contributed by atoms with Gasteiger partial charge in [0.1, 0.15) is 0 Å². The molecule has 0 radical (unpaired) electrons. The minimum absolute atomic E-state index is 0.219. The van der Waals surface area contributed by atoms with Gasteiger partial charge < -0.3 is 15.7 Å². The van der Waals surface area contributed by atoms with Crippen LogP contribution in [0.1, 0.15) is 71.6 Å². The van der Waals surface area contributed by atoms with E-state index in [1.165, 1.54) is 57.9 Å². The first-order valence-electron chi connectivity index (χ1n) is 10.6. The lowest BCUT2D eigenvalue weighted by Gasteiger charge is -2.36. The summed E-state index contributed by atoms with van der Waals surface area (Å²) in [6.07, 6.45) is 11.3. The van der Waals surface area contributed by atoms with Crippen LogP contribution in [-0.4, -0.2) is 61.3 Å². The molecule has 2 fully saturated rings. The second-order valence-corrected chi connectivity index (χ2v) is 8.04. The van der Waals surface area contributed by atoms with E-state index in [4.69, 9.17) is 4.99 Å². The molecule has 0 amide bonds. The summed E-state index contributed by atoms with van der Waals surface area (Å²) in [7, 11) is 0. The summed E-state index contributed by atoms with van der Waals surface area (Å²) in [6, 6.07) is 0.713. The Morgan fingerprint density at radius 1 is 1.16 bits per heavy atom. The Morgan fingerprint density at radius 2 is 1.96 bits per heavy atom. The quantitative estimate of drug-likeness (QED) is 0.464. The van der Waals surface area contributed by atoms with Crippen molar-refractivity contribution in [2.75, 3.05) is 39.3 Å². The normalized spacial score (nSPS) is 24.9. The van der Waals surface area contributed by atoms with E-state index in [-0.39, 0.29) is 12.0 Å². The van der Waals surface area contributed by atoms with E-state index in [1.54, 1.807) is 0 Å². The number of rotatable bonds is 8. The highest BCUT2D eigenvalue weighted by molar-refractivity contribution is 5.79. The van der Waals surface area contributed by atoms with Crippen molar-refractivity contribution < 1.29 is 5.11 Å². The molecular weight excluding hydrogens is 312 g/mol. The molecule has 1 saturated heterocycles. The van der Waals surface area contributed by atoms with Gasteiger partial charge in [-0.3, -0.25) is 9.89 Å². The van der Waals surface area contributed by atoms with Crippen molar-refractivity contribution in [2.45, 2.75) is 77.7 Å². The third kappa shape index (κ3) is 6.78. The number of likely N-dealkylation sites (tertiary alicyclic amines) is 1. The number of aliphatic imine (C=N–C) groups is 1. The molecule has 0 spiro atoms. The number of guanidine groups is 1. The molecule has 1 saturated carbocycles. The van der Waals surface area contributed by atoms with Gasteiger partial charge >= 0.3 is 0 Å². The fraction of sp³-hybridized carbons (Fsp3) is 0.950. The number of hydrogen-bond acceptors (Lipinski definition) is 3. The number of nitrogens with one attached hydrogen (secondary N) is 2. The van der Waals surface area contributed by atoms with Gasteiger partial charge in [0.05, 0.1) is 0 Å². The second-order valence-electron chi connectivity index (χ2n) is 8.04. The van der Waals surface area contributed by atoms with Crippen LogP contribution in [0.3, 0.4) is 0 Å². The van der Waals surface area contributed by atoms with Crippen molar-refractivity contribution in [1.29, 1.82) is 0 Å². The Hall–Kier alpha value is -0.810. The van der Waals surface area contributed by atoms with E-state index >= 15 is 0 Å². The molecule has 1 unspecified atom stereocenters. The van der Waals surface area contributed by atoms with Gasteiger partial charge in [-0.25, -0.2) is 0 Å². The average Bonchev–Trinajstić information content (AvgIpc) is 2.62. The monoisotopic (exact) mass is 352 g/mol. The van der Waals surface area contributed by atoms with Gasteiger partial charge in [0.15, 0.2) is 5.96 Å². The molecule has 146 valence electrons. The number of aliphatic hydroxyl groups is 1. The summed E-state index contributed by atoms with van der Waals surface area (Å²) in [6.45, 7) is 9.75. The van der Waals surface area contributed by atoms with Gasteiger partial charge in [0.25, 0.3) is 0 Å². The molecule has 5 nitrogen and oxygen atoms in total. The number of piperidine rings is 1. The maximum absolute atomic E-state index is 9.48. The first-order valence-corrected chi connectivity index (χ1v) is 10.6. The summed E-state index contributed by atoms with van der Waals surface area (Å²) in [5, 5.41) is 16.4. The topological polar surface area (TPSA) is 59.9 Å². The van der Waals surface area contributed by atoms with Gasteiger partial charge in [-0.1, -0.05) is 25.7 Å². The highest BCUT2D eigenvalue weighted by Gasteiger charge is 2.31. The smallest absolute Gasteiger partial charge is 0.191 e. The van der Waals surface area contributed by atoms with Crippen LogP contribution in [0, 0.1) is 5.41 Å². The van der Waals surface area contributed by atoms with E-state index in [1.807, 2.05) is 0 Å². The summed E-state index contributed by atoms with van der Waals surface area (Å²) >= 11 is 0. The van der Waals surface area contributed by atoms with Crippen molar-refractivity contribution in [3.05, 3.63) is 0 Å². The van der Waals surface area contributed by atoms with E-state index in [0.717, 1.165) is 38.6 Å². The minimum Gasteiger partial charge on any atom is -0.396 e. The predicted molar refractivity (Wildman–Crippen MR) is 106 cm³/mol. The maximum Gasteiger partial charge on any atom is 0.191 e. The fourth-order valence-corrected chi connectivity index (χ4v) is 4.42. The van der Waals surface area contributed by atoms with Gasteiger partial charge in [0.2, 0.25) is 0 Å². The van der Waals surface area contributed by atoms with Gasteiger partial charge in [-0.05, 0) is 57.9 Å². The van der Waals surface area contributed by atoms with E-state index in [9.17, 15) is 5.11 Å². The highest BCUT2D eigenvalue weighted by atomic mass is 16.3. The van der Waals surface area contributed by atoms with Gasteiger partial charge in [-0.15, -0.1) is 0 Å². The lowest BCUT2D eigenvalue weighted by Crippen LogP contribution is -2.45. The highest BCUT2D eigenvalue weighted by Crippen LogP contribution is 2.39. The summed E-state index contributed by atoms with van der Waals surface area (Å²) in [5.41, 5.74) is 0.219. The van der Waals surface area contributed by atoms with Crippen LogP contribution in [0.4, 0.5) is 0 Å². The fourth-order valence-electron chi connectivity index (χ4n) is 4.42. The Balaban J connectivity index is 1.84. The van der Waals surface area contributed by atoms with Crippen LogP contribution in [0.2, 0.25) is 0 Å². The van der Waals surface area contributed by atoms with Crippen LogP contribution in [0.15, 0.2) is 4.99 Å². The summed E-state index contributed by atoms with van der Waals surface area (Å²) in [4.78, 5) is 7.49. The van der Waals surface area contributed by atoms with Crippen LogP contribution in [-0.2, 0) is 0 Å². The first kappa shape index (κ1) is 20.5. The zero-order chi connectivity index (χ0) is 18.0. The van der Waals surface area contributed by atoms with E-state index < -0.39 is 0 Å². The van der Waals surface area contributed by atoms with E-state index in [2.05, 4.69) is 29.4 Å². The largest absolute Gasteiger partial charge is 0.396 e. The van der Waals surface area contributed by atoms with Gasteiger partial charge in [-0.2, -0.15) is 0 Å². The molecule has 5 heteroatoms. The Kier molecular flexibility index (Phi) is 9.04. The molecule has 3 N–H and O–H groups in total. The predicted octanol–water partition coefficient (Wildman–Crippen LogP) is 2.75. The standard InChI is InChI=1S/C20H40N4O/c1-3-21-19(22-13-15-24-14-8-5-9-18(24)2)23-17-20(12-16-25)10-6-4-7-11-20/h18,25H,3-17H2,1-2H3,(H2,21,22,23). The lowest BCUT2D eigenvalue weighted by molar-refractivity contribution is 0.137. The molecule has 2 aliphatic rings. The molecule has 1 aliphatic carbocycles. The summed E-state index contributed by atoms with van der Waals surface area (Å²) in [5.74, 6) is 0.940. The Morgan fingerprint density at radius 3 is 2.64 bits per heavy atom. The summed E-state index contributed by atoms with van der Waals surface area (Å²) < 4.78 is 0. The van der Waals surface area contributed by atoms with Crippen molar-refractivity contribution in [3.8, 4) is 0 Å². The van der Waals surface area contributed by atoms with Crippen molar-refractivity contribution in [1.82, 2.24) is 15.5 Å². The van der Waals surface area contributed by atoms with Crippen LogP contribution in [0.5, 0.6) is 0 Å². The second kappa shape index (κ2) is 11.0. The SMILES string of the molecule is CCNC(=NCC1(CCO)CCCCC1)NCCN1CCCCC1C. The zero-order valence-electron chi connectivity index (χ0n) is 16.5. The number of hydrogen-bond donors (Lipinski definition) is 3. The molecular formula is C20H40N4O. The van der Waals surface area contributed by atoms with Gasteiger partial charge in [0, 0.05) is 38.8 Å². The minimum atomic E-state index is 0.219. The van der Waals surface area contributed by atoms with E-state index in [0.29, 0.717) is 6.04 Å². The van der Waals surface area contributed by atoms with Crippen LogP contribution >= 0.6 is 0 Å². The molecule has 2 rings (SSSR count). The average molecular weight is 353 g/mol. The first-order chi connectivity index (χ1) is 12.2. The zero-order valence-corrected chi connectivity index (χ0v) is 16.5. The molecule has 1 atom stereocenters. The lowest BCUT2D eigenvalue weighted by atomic mass is 9.72. The molecule has 1 heterocycles. The van der Waals surface area contributed by atoms with Crippen molar-refractivity contribution >= 4 is 5.96 Å². The maximum atomic E-state index is 9.48. The number of aliphatic hydroxyl groups excluding tert-OH is 1. The third-order valence-electron chi connectivity index (χ3n) is 6.11. The van der Waals surface area contributed by atoms with Crippen molar-refractivity contribution in [2.24, 2.45) is 10.4 Å². The molecule has 0 bridgehead atoms. The molecule has 0 aromatic heterocycles. The third-order valence-corrected chi connectivity index (χ3v) is 6.11. The molecule has 0 aromatic carbocycles. The Labute approximate surface area is 154 Å². The molecule has 25 heavy (non-hydrogen) atoms.